The minimum atomic E-state index is -0.436. The minimum absolute atomic E-state index is 0.0564. The summed E-state index contributed by atoms with van der Waals surface area (Å²) in [5, 5.41) is 9.71. The molecule has 32 heavy (non-hydrogen) atoms. The zero-order valence-corrected chi connectivity index (χ0v) is 19.6. The highest BCUT2D eigenvalue weighted by molar-refractivity contribution is 6.32. The highest BCUT2D eigenvalue weighted by Crippen LogP contribution is 2.39. The van der Waals surface area contributed by atoms with Crippen LogP contribution in [0.5, 0.6) is 5.88 Å². The van der Waals surface area contributed by atoms with Crippen molar-refractivity contribution in [3.05, 3.63) is 28.5 Å². The number of carbonyl (C=O) groups is 1. The van der Waals surface area contributed by atoms with Crippen LogP contribution in [0, 0.1) is 5.41 Å². The molecule has 1 aliphatic heterocycles. The number of aromatic nitrogens is 3. The largest absolute Gasteiger partial charge is 0.480 e. The molecule has 1 fully saturated rings. The lowest BCUT2D eigenvalue weighted by Crippen LogP contribution is -2.42. The zero-order chi connectivity index (χ0) is 22.7. The fourth-order valence-electron chi connectivity index (χ4n) is 4.56. The van der Waals surface area contributed by atoms with E-state index in [2.05, 4.69) is 42.8 Å². The van der Waals surface area contributed by atoms with Gasteiger partial charge in [-0.1, -0.05) is 24.4 Å². The van der Waals surface area contributed by atoms with Crippen LogP contribution in [-0.2, 0) is 17.8 Å². The number of fused-ring (bicyclic) bond motifs is 1. The molecule has 2 aliphatic rings. The summed E-state index contributed by atoms with van der Waals surface area (Å²) in [5.74, 6) is 1.43. The molecule has 2 aromatic heterocycles. The van der Waals surface area contributed by atoms with Crippen LogP contribution in [0.25, 0.3) is 0 Å². The lowest BCUT2D eigenvalue weighted by molar-refractivity contribution is -0.129. The fourth-order valence-corrected chi connectivity index (χ4v) is 4.72. The number of hydrogen-bond donors (Lipinski definition) is 3. The van der Waals surface area contributed by atoms with Gasteiger partial charge in [-0.05, 0) is 31.5 Å². The number of nitrogens with one attached hydrogen (secondary N) is 3. The Bertz CT molecular complexity index is 994. The van der Waals surface area contributed by atoms with Gasteiger partial charge in [0.15, 0.2) is 5.82 Å². The third-order valence-electron chi connectivity index (χ3n) is 6.37. The molecule has 10 heteroatoms. The number of pyridine rings is 1. The molecular weight excluding hydrogens is 430 g/mol. The second-order valence-corrected chi connectivity index (χ2v) is 8.98. The Kier molecular flexibility index (Phi) is 6.66. The summed E-state index contributed by atoms with van der Waals surface area (Å²) in [4.78, 5) is 28.3. The van der Waals surface area contributed by atoms with Crippen molar-refractivity contribution in [2.45, 2.75) is 38.6 Å². The summed E-state index contributed by atoms with van der Waals surface area (Å²) in [7, 11) is 5.38. The highest BCUT2D eigenvalue weighted by Gasteiger charge is 2.40. The first-order valence-electron chi connectivity index (χ1n) is 10.9. The van der Waals surface area contributed by atoms with E-state index in [0.717, 1.165) is 56.5 Å². The molecule has 3 N–H and O–H groups in total. The molecule has 4 rings (SSSR count). The average Bonchev–Trinajstić information content (AvgIpc) is 3.28. The van der Waals surface area contributed by atoms with Gasteiger partial charge in [-0.15, -0.1) is 0 Å². The molecule has 0 unspecified atom stereocenters. The Morgan fingerprint density at radius 1 is 1.31 bits per heavy atom. The number of ether oxygens (including phenoxy) is 1. The number of carbonyl (C=O) groups excluding carboxylic acids is 1. The summed E-state index contributed by atoms with van der Waals surface area (Å²) < 4.78 is 5.50. The van der Waals surface area contributed by atoms with Crippen molar-refractivity contribution in [3.8, 4) is 5.88 Å². The SMILES string of the molecule is CNC(=O)C1(CNc2nc(Nc3cc4c(nc3OC)CCN(C)C4)ncc2Cl)CCCC1. The van der Waals surface area contributed by atoms with E-state index in [9.17, 15) is 4.79 Å². The van der Waals surface area contributed by atoms with Gasteiger partial charge >= 0.3 is 0 Å². The van der Waals surface area contributed by atoms with Crippen molar-refractivity contribution in [3.63, 3.8) is 0 Å². The van der Waals surface area contributed by atoms with Crippen LogP contribution in [0.15, 0.2) is 12.3 Å². The number of anilines is 3. The number of likely N-dealkylation sites (N-methyl/N-ethyl adjacent to an activating group) is 1. The van der Waals surface area contributed by atoms with Crippen LogP contribution in [0.3, 0.4) is 0 Å². The summed E-state index contributed by atoms with van der Waals surface area (Å²) in [5.41, 5.74) is 2.48. The van der Waals surface area contributed by atoms with Gasteiger partial charge in [0.05, 0.1) is 24.4 Å². The lowest BCUT2D eigenvalue weighted by Gasteiger charge is -2.27. The minimum Gasteiger partial charge on any atom is -0.480 e. The second-order valence-electron chi connectivity index (χ2n) is 8.57. The predicted molar refractivity (Wildman–Crippen MR) is 125 cm³/mol. The third kappa shape index (κ3) is 4.59. The normalized spacial score (nSPS) is 17.5. The van der Waals surface area contributed by atoms with Crippen molar-refractivity contribution in [1.82, 2.24) is 25.2 Å². The Morgan fingerprint density at radius 2 is 2.09 bits per heavy atom. The van der Waals surface area contributed by atoms with Crippen LogP contribution in [0.1, 0.15) is 36.9 Å². The molecule has 0 spiro atoms. The van der Waals surface area contributed by atoms with E-state index in [1.165, 1.54) is 0 Å². The molecule has 9 nitrogen and oxygen atoms in total. The number of methoxy groups -OCH3 is 1. The zero-order valence-electron chi connectivity index (χ0n) is 18.8. The van der Waals surface area contributed by atoms with Gasteiger partial charge in [-0.3, -0.25) is 4.79 Å². The van der Waals surface area contributed by atoms with E-state index in [0.29, 0.717) is 34.9 Å². The van der Waals surface area contributed by atoms with Crippen molar-refractivity contribution < 1.29 is 9.53 Å². The molecule has 0 atom stereocenters. The first-order valence-corrected chi connectivity index (χ1v) is 11.3. The third-order valence-corrected chi connectivity index (χ3v) is 6.65. The number of hydrogen-bond acceptors (Lipinski definition) is 8. The molecule has 1 aliphatic carbocycles. The van der Waals surface area contributed by atoms with Crippen molar-refractivity contribution >= 4 is 35.0 Å². The molecule has 0 aromatic carbocycles. The maximum absolute atomic E-state index is 12.5. The molecule has 2 aromatic rings. The number of halogens is 1. The summed E-state index contributed by atoms with van der Waals surface area (Å²) >= 11 is 6.35. The summed E-state index contributed by atoms with van der Waals surface area (Å²) in [6.07, 6.45) is 6.22. The van der Waals surface area contributed by atoms with E-state index in [-0.39, 0.29) is 5.91 Å². The van der Waals surface area contributed by atoms with E-state index in [4.69, 9.17) is 16.3 Å². The first-order chi connectivity index (χ1) is 15.4. The van der Waals surface area contributed by atoms with Crippen molar-refractivity contribution in [1.29, 1.82) is 0 Å². The van der Waals surface area contributed by atoms with Gasteiger partial charge in [0.2, 0.25) is 17.7 Å². The molecule has 3 heterocycles. The van der Waals surface area contributed by atoms with Crippen LogP contribution in [0.4, 0.5) is 17.5 Å². The van der Waals surface area contributed by atoms with Gasteiger partial charge < -0.3 is 25.6 Å². The smallest absolute Gasteiger partial charge is 0.237 e. The monoisotopic (exact) mass is 459 g/mol. The van der Waals surface area contributed by atoms with E-state index >= 15 is 0 Å². The molecule has 0 bridgehead atoms. The lowest BCUT2D eigenvalue weighted by atomic mass is 9.85. The standard InChI is InChI=1S/C22H30ClN7O2/c1-24-20(31)22(7-4-5-8-22)13-26-18-15(23)11-25-21(29-18)28-17-10-14-12-30(2)9-6-16(14)27-19(17)32-3/h10-11H,4-9,12-13H2,1-3H3,(H,24,31)(H2,25,26,28,29). The predicted octanol–water partition coefficient (Wildman–Crippen LogP) is 2.98. The van der Waals surface area contributed by atoms with Crippen LogP contribution < -0.4 is 20.7 Å². The number of amides is 1. The van der Waals surface area contributed by atoms with E-state index < -0.39 is 5.41 Å². The van der Waals surface area contributed by atoms with Gasteiger partial charge in [0, 0.05) is 33.1 Å². The highest BCUT2D eigenvalue weighted by atomic mass is 35.5. The van der Waals surface area contributed by atoms with Gasteiger partial charge in [0.1, 0.15) is 10.7 Å². The topological polar surface area (TPSA) is 104 Å². The van der Waals surface area contributed by atoms with Gasteiger partial charge in [0.25, 0.3) is 0 Å². The van der Waals surface area contributed by atoms with Crippen LogP contribution >= 0.6 is 11.6 Å². The maximum atomic E-state index is 12.5. The second kappa shape index (κ2) is 9.46. The number of rotatable bonds is 7. The van der Waals surface area contributed by atoms with Crippen molar-refractivity contribution in [2.24, 2.45) is 5.41 Å². The van der Waals surface area contributed by atoms with E-state index in [1.54, 1.807) is 20.4 Å². The maximum Gasteiger partial charge on any atom is 0.237 e. The fraction of sp³-hybridized carbons (Fsp3) is 0.545. The summed E-state index contributed by atoms with van der Waals surface area (Å²) in [6, 6.07) is 2.04. The molecular formula is C22H30ClN7O2. The quantitative estimate of drug-likeness (QED) is 0.580. The van der Waals surface area contributed by atoms with Gasteiger partial charge in [-0.25, -0.2) is 9.97 Å². The van der Waals surface area contributed by atoms with Gasteiger partial charge in [-0.2, -0.15) is 4.98 Å². The Labute approximate surface area is 193 Å². The van der Waals surface area contributed by atoms with Crippen molar-refractivity contribution in [2.75, 3.05) is 44.9 Å². The average molecular weight is 460 g/mol. The van der Waals surface area contributed by atoms with E-state index in [1.807, 2.05) is 6.07 Å². The van der Waals surface area contributed by atoms with Crippen LogP contribution in [0.2, 0.25) is 5.02 Å². The van der Waals surface area contributed by atoms with Crippen LogP contribution in [-0.4, -0.2) is 60.1 Å². The summed E-state index contributed by atoms with van der Waals surface area (Å²) in [6.45, 7) is 2.28. The first kappa shape index (κ1) is 22.5. The Morgan fingerprint density at radius 3 is 2.81 bits per heavy atom. The molecule has 1 amide bonds. The molecule has 0 radical (unpaired) electrons. The number of nitrogens with zero attached hydrogens (tertiary/aromatic N) is 4. The molecule has 172 valence electrons. The molecule has 0 saturated heterocycles. The Balaban J connectivity index is 1.54. The molecule has 1 saturated carbocycles. The Hall–Kier alpha value is -2.65.